The second kappa shape index (κ2) is 21.2. The fourth-order valence-electron chi connectivity index (χ4n) is 5.30. The van der Waals surface area contributed by atoms with Crippen LogP contribution in [-0.4, -0.2) is 67.2 Å². The van der Waals surface area contributed by atoms with Crippen LogP contribution in [0, 0.1) is 34.3 Å². The first-order valence-electron chi connectivity index (χ1n) is 19.1. The highest BCUT2D eigenvalue weighted by atomic mass is 79.9. The van der Waals surface area contributed by atoms with Gasteiger partial charge >= 0.3 is 19.1 Å². The highest BCUT2D eigenvalue weighted by molar-refractivity contribution is 9.10. The zero-order chi connectivity index (χ0) is 46.6. The summed E-state index contributed by atoms with van der Waals surface area (Å²) in [6.07, 6.45) is 1.38. The van der Waals surface area contributed by atoms with E-state index in [9.17, 15) is 28.0 Å². The summed E-state index contributed by atoms with van der Waals surface area (Å²) in [7, 11) is -0.641. The molecule has 1 saturated heterocycles. The number of nitriles is 2. The van der Waals surface area contributed by atoms with E-state index in [1.165, 1.54) is 42.5 Å². The average Bonchev–Trinajstić information content (AvgIpc) is 3.40. The number of carbonyl (C=O) groups excluding carboxylic acids is 4. The molecule has 4 aromatic carbocycles. The minimum Gasteiger partial charge on any atom is -0.481 e. The van der Waals surface area contributed by atoms with Crippen LogP contribution in [0.2, 0.25) is 0 Å². The zero-order valence-electron chi connectivity index (χ0n) is 36.2. The van der Waals surface area contributed by atoms with Crippen LogP contribution in [-0.2, 0) is 28.4 Å². The van der Waals surface area contributed by atoms with Gasteiger partial charge in [0.05, 0.1) is 38.9 Å². The predicted octanol–water partition coefficient (Wildman–Crippen LogP) is 8.88. The largest absolute Gasteiger partial charge is 0.494 e. The van der Waals surface area contributed by atoms with Crippen LogP contribution < -0.4 is 14.9 Å². The lowest BCUT2D eigenvalue weighted by molar-refractivity contribution is -0.158. The van der Waals surface area contributed by atoms with Gasteiger partial charge in [0.25, 0.3) is 0 Å². The van der Waals surface area contributed by atoms with E-state index >= 15 is 0 Å². The number of halogens is 3. The van der Waals surface area contributed by atoms with Crippen molar-refractivity contribution < 1.29 is 56.2 Å². The number of benzene rings is 4. The van der Waals surface area contributed by atoms with Crippen molar-refractivity contribution in [1.29, 1.82) is 10.5 Å². The molecule has 0 aromatic heterocycles. The first-order chi connectivity index (χ1) is 28.8. The van der Waals surface area contributed by atoms with Crippen LogP contribution in [0.1, 0.15) is 101 Å². The Kier molecular flexibility index (Phi) is 17.3. The Morgan fingerprint density at radius 1 is 0.694 bits per heavy atom. The molecule has 1 fully saturated rings. The van der Waals surface area contributed by atoms with Gasteiger partial charge < -0.3 is 28.3 Å². The summed E-state index contributed by atoms with van der Waals surface area (Å²) < 4.78 is 60.5. The van der Waals surface area contributed by atoms with E-state index in [0.29, 0.717) is 44.2 Å². The summed E-state index contributed by atoms with van der Waals surface area (Å²) in [5.41, 5.74) is 0.457. The van der Waals surface area contributed by atoms with E-state index in [0.717, 1.165) is 12.4 Å². The van der Waals surface area contributed by atoms with E-state index in [1.807, 2.05) is 39.8 Å². The van der Waals surface area contributed by atoms with E-state index in [-0.39, 0.29) is 30.1 Å². The smallest absolute Gasteiger partial charge is 0.481 e. The van der Waals surface area contributed by atoms with Gasteiger partial charge in [-0.1, -0.05) is 0 Å². The maximum absolute atomic E-state index is 13.8. The number of ether oxygens (including phenoxy) is 4. The molecule has 4 aromatic rings. The molecule has 12 nitrogen and oxygen atoms in total. The first-order valence-corrected chi connectivity index (χ1v) is 19.9. The molecule has 0 spiro atoms. The Morgan fingerprint density at radius 2 is 1.15 bits per heavy atom. The summed E-state index contributed by atoms with van der Waals surface area (Å²) in [6, 6.07) is 21.1. The molecule has 0 radical (unpaired) electrons. The molecular weight excluding hydrogens is 869 g/mol. The fourth-order valence-corrected chi connectivity index (χ4v) is 5.81. The highest BCUT2D eigenvalue weighted by Gasteiger charge is 2.51. The molecule has 0 unspecified atom stereocenters. The van der Waals surface area contributed by atoms with Crippen molar-refractivity contribution in [2.24, 2.45) is 0 Å². The summed E-state index contributed by atoms with van der Waals surface area (Å²) in [4.78, 5) is 44.9. The molecule has 1 aliphatic heterocycles. The average molecular weight is 918 g/mol. The lowest BCUT2D eigenvalue weighted by Crippen LogP contribution is -2.41. The molecule has 0 saturated carbocycles. The lowest BCUT2D eigenvalue weighted by atomic mass is 9.78. The molecule has 0 atom stereocenters. The van der Waals surface area contributed by atoms with Gasteiger partial charge in [-0.05, 0) is 169 Å². The third-order valence-electron chi connectivity index (χ3n) is 8.68. The summed E-state index contributed by atoms with van der Waals surface area (Å²) in [5.74, 6) is -1.27. The number of hydrogen-bond donors (Lipinski definition) is 0. The summed E-state index contributed by atoms with van der Waals surface area (Å²) in [6.45, 7) is 17.8. The predicted molar refractivity (Wildman–Crippen MR) is 231 cm³/mol. The van der Waals surface area contributed by atoms with Gasteiger partial charge in [0, 0.05) is 16.7 Å². The Morgan fingerprint density at radius 3 is 1.61 bits per heavy atom. The molecule has 0 amide bonds. The highest BCUT2D eigenvalue weighted by Crippen LogP contribution is 2.37. The van der Waals surface area contributed by atoms with Gasteiger partial charge in [0.2, 0.25) is 0 Å². The van der Waals surface area contributed by atoms with Crippen LogP contribution in [0.5, 0.6) is 11.5 Å². The number of esters is 2. The SMILES string of the molecule is CC(C)(C)OC(=O)COc1ccc(C=O)cc1-c1cc(F)cc(C#N)c1.CC(C)(C)OC(=O)COc1ccc(C=O)cc1Br.CC1(C)OB(c2cc(F)cc(C#N)c2)OC1(C)C. The van der Waals surface area contributed by atoms with Crippen molar-refractivity contribution in [1.82, 2.24) is 0 Å². The summed E-state index contributed by atoms with van der Waals surface area (Å²) in [5, 5.41) is 17.9. The Bertz CT molecular complexity index is 2350. The van der Waals surface area contributed by atoms with Gasteiger partial charge in [-0.3, -0.25) is 9.59 Å². The Hall–Kier alpha value is -5.94. The minimum absolute atomic E-state index is 0.134. The van der Waals surface area contributed by atoms with Crippen molar-refractivity contribution >= 4 is 53.0 Å². The number of nitrogens with zero attached hydrogens (tertiary/aromatic N) is 2. The van der Waals surface area contributed by atoms with Crippen LogP contribution in [0.25, 0.3) is 11.1 Å². The molecule has 62 heavy (non-hydrogen) atoms. The van der Waals surface area contributed by atoms with E-state index in [2.05, 4.69) is 15.9 Å². The topological polar surface area (TPSA) is 171 Å². The molecule has 1 heterocycles. The van der Waals surface area contributed by atoms with Crippen LogP contribution in [0.3, 0.4) is 0 Å². The van der Waals surface area contributed by atoms with Crippen LogP contribution in [0.15, 0.2) is 77.3 Å². The lowest BCUT2D eigenvalue weighted by Gasteiger charge is -2.32. The van der Waals surface area contributed by atoms with E-state index in [1.54, 1.807) is 65.8 Å². The van der Waals surface area contributed by atoms with Crippen LogP contribution >= 0.6 is 15.9 Å². The van der Waals surface area contributed by atoms with Gasteiger partial charge in [0.1, 0.15) is 46.9 Å². The molecule has 1 aliphatic rings. The van der Waals surface area contributed by atoms with Crippen molar-refractivity contribution in [3.05, 3.63) is 111 Å². The molecule has 5 rings (SSSR count). The minimum atomic E-state index is -0.644. The molecule has 326 valence electrons. The molecule has 16 heteroatoms. The van der Waals surface area contributed by atoms with E-state index < -0.39 is 53.1 Å². The quantitative estimate of drug-likeness (QED) is 0.0842. The molecule has 0 bridgehead atoms. The Labute approximate surface area is 369 Å². The fraction of sp³-hybridized carbons (Fsp3) is 0.348. The van der Waals surface area contributed by atoms with E-state index in [4.69, 9.17) is 38.8 Å². The van der Waals surface area contributed by atoms with Crippen molar-refractivity contribution in [3.8, 4) is 34.8 Å². The van der Waals surface area contributed by atoms with Gasteiger partial charge in [0.15, 0.2) is 13.2 Å². The van der Waals surface area contributed by atoms with Crippen molar-refractivity contribution in [2.75, 3.05) is 13.2 Å². The number of rotatable bonds is 10. The number of carbonyl (C=O) groups is 4. The van der Waals surface area contributed by atoms with Gasteiger partial charge in [-0.2, -0.15) is 10.5 Å². The number of aldehydes is 2. The standard InChI is InChI=1S/C20H18FNO4.C13H15BFNO2.C13H15BrO4/c1-20(2,3)26-19(24)12-25-18-5-4-13(11-23)8-17(18)15-6-14(10-22)7-16(21)9-15;1-12(2)13(3,4)18-14(17-12)10-5-9(8-16)6-11(15)7-10;1-13(2,3)18-12(16)8-17-11-5-4-9(7-15)6-10(11)14/h4-9,11H,12H2,1-3H3;5-7H,1-4H3;4-7H,8H2,1-3H3. The normalized spacial score (nSPS) is 13.7. The third kappa shape index (κ3) is 15.5. The summed E-state index contributed by atoms with van der Waals surface area (Å²) >= 11 is 3.26. The van der Waals surface area contributed by atoms with Gasteiger partial charge in [-0.15, -0.1) is 0 Å². The maximum Gasteiger partial charge on any atom is 0.494 e. The molecular formula is C46H48BBrF2N2O10. The third-order valence-corrected chi connectivity index (χ3v) is 9.30. The maximum atomic E-state index is 13.8. The monoisotopic (exact) mass is 916 g/mol. The first kappa shape index (κ1) is 50.4. The van der Waals surface area contributed by atoms with Crippen molar-refractivity contribution in [3.63, 3.8) is 0 Å². The zero-order valence-corrected chi connectivity index (χ0v) is 37.8. The number of hydrogen-bond acceptors (Lipinski definition) is 12. The second-order valence-corrected chi connectivity index (χ2v) is 17.6. The second-order valence-electron chi connectivity index (χ2n) is 16.7. The van der Waals surface area contributed by atoms with Gasteiger partial charge in [-0.25, -0.2) is 18.4 Å². The Balaban J connectivity index is 0.000000255. The van der Waals surface area contributed by atoms with Crippen LogP contribution in [0.4, 0.5) is 8.78 Å². The van der Waals surface area contributed by atoms with Crippen molar-refractivity contribution in [2.45, 2.75) is 91.6 Å². The molecule has 0 aliphatic carbocycles. The molecule has 0 N–H and O–H groups in total.